The highest BCUT2D eigenvalue weighted by molar-refractivity contribution is 6.17. The Kier molecular flexibility index (Phi) is 2.46. The maximum Gasteiger partial charge on any atom is 0.151 e. The molecule has 0 aliphatic rings. The molecule has 7 aromatic rings. The number of benzene rings is 4. The predicted molar refractivity (Wildman–Crippen MR) is 114 cm³/mol. The van der Waals surface area contributed by atoms with Crippen LogP contribution in [-0.4, -0.2) is 9.97 Å². The molecule has 0 radical (unpaired) electrons. The Morgan fingerprint density at radius 2 is 0.679 bits per heavy atom. The van der Waals surface area contributed by atoms with E-state index in [0.717, 1.165) is 65.9 Å². The molecule has 0 saturated carbocycles. The van der Waals surface area contributed by atoms with E-state index in [1.54, 1.807) is 0 Å². The number of rotatable bonds is 0. The Labute approximate surface area is 158 Å². The van der Waals surface area contributed by atoms with Crippen LogP contribution in [0.25, 0.3) is 65.9 Å². The van der Waals surface area contributed by atoms with E-state index < -0.39 is 0 Å². The van der Waals surface area contributed by atoms with Crippen molar-refractivity contribution in [3.05, 3.63) is 72.8 Å². The number of hydrogen-bond acceptors (Lipinski definition) is 2. The number of H-pyrrole nitrogens is 2. The quantitative estimate of drug-likeness (QED) is 0.285. The third-order valence-corrected chi connectivity index (χ3v) is 5.63. The zero-order valence-electron chi connectivity index (χ0n) is 14.7. The second-order valence-corrected chi connectivity index (χ2v) is 7.17. The third kappa shape index (κ3) is 1.70. The lowest BCUT2D eigenvalue weighted by Crippen LogP contribution is -1.90. The Bertz CT molecular complexity index is 1470. The van der Waals surface area contributed by atoms with Crippen molar-refractivity contribution in [2.24, 2.45) is 0 Å². The van der Waals surface area contributed by atoms with E-state index in [1.807, 2.05) is 48.5 Å². The molecule has 0 saturated heterocycles. The van der Waals surface area contributed by atoms with Gasteiger partial charge in [-0.25, -0.2) is 0 Å². The van der Waals surface area contributed by atoms with E-state index in [0.29, 0.717) is 0 Å². The first kappa shape index (κ1) is 14.2. The standard InChI is InChI=1S/C24H14N2O2/c1-5-13-14-6-2-11-19-22(14)26-24-16(8-4-12-20(24)28-19)15-7-3-10-18-23(15)25-21(13)17(9-1)27-18/h1-12,25-26H. The molecule has 7 rings (SSSR count). The zero-order chi connectivity index (χ0) is 18.2. The largest absolute Gasteiger partial charge is 0.453 e. The van der Waals surface area contributed by atoms with E-state index in [-0.39, 0.29) is 0 Å². The van der Waals surface area contributed by atoms with Crippen molar-refractivity contribution in [2.45, 2.75) is 0 Å². The summed E-state index contributed by atoms with van der Waals surface area (Å²) in [5, 5.41) is 4.31. The van der Waals surface area contributed by atoms with Crippen molar-refractivity contribution >= 4 is 65.9 Å². The minimum absolute atomic E-state index is 0.825. The fourth-order valence-electron chi connectivity index (χ4n) is 4.37. The smallest absolute Gasteiger partial charge is 0.151 e. The van der Waals surface area contributed by atoms with Crippen LogP contribution in [0.3, 0.4) is 0 Å². The summed E-state index contributed by atoms with van der Waals surface area (Å²) in [7, 11) is 0. The van der Waals surface area contributed by atoms with Gasteiger partial charge in [-0.15, -0.1) is 0 Å². The number of nitrogens with one attached hydrogen (secondary N) is 2. The van der Waals surface area contributed by atoms with E-state index in [2.05, 4.69) is 34.2 Å². The zero-order valence-corrected chi connectivity index (χ0v) is 14.7. The maximum atomic E-state index is 6.29. The molecule has 0 atom stereocenters. The summed E-state index contributed by atoms with van der Waals surface area (Å²) >= 11 is 0. The van der Waals surface area contributed by atoms with Gasteiger partial charge in [-0.2, -0.15) is 0 Å². The van der Waals surface area contributed by atoms with E-state index >= 15 is 0 Å². The van der Waals surface area contributed by atoms with Crippen LogP contribution >= 0.6 is 0 Å². The third-order valence-electron chi connectivity index (χ3n) is 5.63. The number of para-hydroxylation sites is 4. The maximum absolute atomic E-state index is 6.29. The average molecular weight is 362 g/mol. The molecule has 3 aromatic heterocycles. The van der Waals surface area contributed by atoms with Gasteiger partial charge in [-0.3, -0.25) is 0 Å². The second-order valence-electron chi connectivity index (χ2n) is 7.17. The summed E-state index contributed by atoms with van der Waals surface area (Å²) in [5.41, 5.74) is 7.20. The highest BCUT2D eigenvalue weighted by Gasteiger charge is 2.12. The summed E-state index contributed by atoms with van der Waals surface area (Å²) in [6, 6.07) is 24.6. The van der Waals surface area contributed by atoms with Gasteiger partial charge in [0.05, 0.1) is 22.1 Å². The van der Waals surface area contributed by atoms with E-state index in [1.165, 1.54) is 0 Å². The topological polar surface area (TPSA) is 57.9 Å². The van der Waals surface area contributed by atoms with Gasteiger partial charge in [0.1, 0.15) is 0 Å². The van der Waals surface area contributed by atoms with Crippen LogP contribution in [0, 0.1) is 0 Å². The lowest BCUT2D eigenvalue weighted by molar-refractivity contribution is 0.657. The summed E-state index contributed by atoms with van der Waals surface area (Å²) in [5.74, 6) is 0. The van der Waals surface area contributed by atoms with Gasteiger partial charge in [0.2, 0.25) is 0 Å². The van der Waals surface area contributed by atoms with Crippen LogP contribution < -0.4 is 0 Å². The normalized spacial score (nSPS) is 12.3. The number of aromatic nitrogens is 2. The lowest BCUT2D eigenvalue weighted by Gasteiger charge is -2.12. The molecule has 4 bridgehead atoms. The Hall–Kier alpha value is -3.92. The molecule has 0 aliphatic carbocycles. The van der Waals surface area contributed by atoms with Gasteiger partial charge < -0.3 is 18.8 Å². The van der Waals surface area contributed by atoms with Crippen molar-refractivity contribution in [2.75, 3.05) is 0 Å². The molecule has 3 heterocycles. The Morgan fingerprint density at radius 1 is 0.393 bits per heavy atom. The molecular weight excluding hydrogens is 348 g/mol. The first-order chi connectivity index (χ1) is 13.9. The molecule has 132 valence electrons. The van der Waals surface area contributed by atoms with Crippen LogP contribution in [0.4, 0.5) is 0 Å². The van der Waals surface area contributed by atoms with Gasteiger partial charge in [0.15, 0.2) is 22.3 Å². The Balaban J connectivity index is 1.99. The molecule has 0 unspecified atom stereocenters. The molecule has 0 amide bonds. The first-order valence-electron chi connectivity index (χ1n) is 9.29. The SMILES string of the molecule is c1cc2oc3cccc4c5cccc6oc7cccc(c(c1)c2[nH]c34)c7[nH]c65. The summed E-state index contributed by atoms with van der Waals surface area (Å²) in [4.78, 5) is 7.35. The highest BCUT2D eigenvalue weighted by atomic mass is 16.3. The summed E-state index contributed by atoms with van der Waals surface area (Å²) < 4.78 is 12.6. The molecule has 4 aromatic carbocycles. The fraction of sp³-hybridized carbons (Fsp3) is 0. The monoisotopic (exact) mass is 362 g/mol. The van der Waals surface area contributed by atoms with Crippen molar-refractivity contribution in [1.29, 1.82) is 0 Å². The minimum atomic E-state index is 0.825. The van der Waals surface area contributed by atoms with Crippen molar-refractivity contribution in [3.63, 3.8) is 0 Å². The average Bonchev–Trinajstić information content (AvgIpc) is 2.74. The van der Waals surface area contributed by atoms with E-state index in [4.69, 9.17) is 8.83 Å². The van der Waals surface area contributed by atoms with E-state index in [9.17, 15) is 0 Å². The molecule has 0 aliphatic heterocycles. The Morgan fingerprint density at radius 3 is 0.964 bits per heavy atom. The minimum Gasteiger partial charge on any atom is -0.453 e. The number of fused-ring (bicyclic) bond motifs is 2. The van der Waals surface area contributed by atoms with Crippen molar-refractivity contribution < 1.29 is 8.83 Å². The van der Waals surface area contributed by atoms with Crippen molar-refractivity contribution in [1.82, 2.24) is 9.97 Å². The van der Waals surface area contributed by atoms with Gasteiger partial charge in [-0.1, -0.05) is 48.5 Å². The first-order valence-corrected chi connectivity index (χ1v) is 9.29. The van der Waals surface area contributed by atoms with Gasteiger partial charge >= 0.3 is 0 Å². The van der Waals surface area contributed by atoms with Crippen molar-refractivity contribution in [3.8, 4) is 0 Å². The van der Waals surface area contributed by atoms with Crippen LogP contribution in [0.2, 0.25) is 0 Å². The molecule has 2 N–H and O–H groups in total. The van der Waals surface area contributed by atoms with Gasteiger partial charge in [0.25, 0.3) is 0 Å². The molecule has 4 nitrogen and oxygen atoms in total. The summed E-state index contributed by atoms with van der Waals surface area (Å²) in [6.45, 7) is 0. The lowest BCUT2D eigenvalue weighted by atomic mass is 10.1. The van der Waals surface area contributed by atoms with Crippen LogP contribution in [0.5, 0.6) is 0 Å². The molecule has 28 heavy (non-hydrogen) atoms. The second kappa shape index (κ2) is 4.87. The van der Waals surface area contributed by atoms with Gasteiger partial charge in [-0.05, 0) is 24.3 Å². The molecule has 0 fully saturated rings. The number of aromatic amines is 2. The summed E-state index contributed by atoms with van der Waals surface area (Å²) in [6.07, 6.45) is 0. The predicted octanol–water partition coefficient (Wildman–Crippen LogP) is 7.01. The highest BCUT2D eigenvalue weighted by Crippen LogP contribution is 2.35. The number of hydrogen-bond donors (Lipinski definition) is 2. The molecular formula is C24H14N2O2. The van der Waals surface area contributed by atoms with Crippen LogP contribution in [-0.2, 0) is 0 Å². The molecule has 4 heteroatoms. The van der Waals surface area contributed by atoms with Crippen LogP contribution in [0.1, 0.15) is 0 Å². The fourth-order valence-corrected chi connectivity index (χ4v) is 4.37. The van der Waals surface area contributed by atoms with Crippen LogP contribution in [0.15, 0.2) is 81.6 Å². The van der Waals surface area contributed by atoms with Gasteiger partial charge in [0, 0.05) is 21.5 Å². The molecule has 0 spiro atoms.